The van der Waals surface area contributed by atoms with E-state index in [-0.39, 0.29) is 5.63 Å². The summed E-state index contributed by atoms with van der Waals surface area (Å²) in [5.74, 6) is 0.842. The first kappa shape index (κ1) is 14.2. The van der Waals surface area contributed by atoms with Gasteiger partial charge in [-0.25, -0.2) is 4.79 Å². The highest BCUT2D eigenvalue weighted by Gasteiger charge is 2.12. The normalized spacial score (nSPS) is 10.7. The van der Waals surface area contributed by atoms with Crippen LogP contribution in [0.15, 0.2) is 57.7 Å². The highest BCUT2D eigenvalue weighted by atomic mass is 16.5. The molecule has 3 rings (SSSR count). The van der Waals surface area contributed by atoms with Crippen molar-refractivity contribution >= 4 is 22.3 Å². The average molecular weight is 295 g/mol. The molecule has 0 bridgehead atoms. The van der Waals surface area contributed by atoms with E-state index in [2.05, 4.69) is 0 Å². The van der Waals surface area contributed by atoms with Crippen molar-refractivity contribution in [3.05, 3.63) is 64.5 Å². The van der Waals surface area contributed by atoms with Gasteiger partial charge < -0.3 is 14.1 Å². The fourth-order valence-electron chi connectivity index (χ4n) is 2.58. The smallest absolute Gasteiger partial charge is 0.338 e. The first-order valence-corrected chi connectivity index (χ1v) is 7.01. The third kappa shape index (κ3) is 2.44. The molecule has 0 radical (unpaired) electrons. The van der Waals surface area contributed by atoms with Crippen LogP contribution in [0.4, 0.5) is 11.4 Å². The molecule has 0 atom stereocenters. The lowest BCUT2D eigenvalue weighted by molar-refractivity contribution is 0.412. The van der Waals surface area contributed by atoms with Crippen LogP contribution in [0.3, 0.4) is 0 Å². The second-order valence-electron chi connectivity index (χ2n) is 5.16. The zero-order valence-electron chi connectivity index (χ0n) is 12.8. The van der Waals surface area contributed by atoms with Crippen LogP contribution in [0, 0.1) is 6.92 Å². The summed E-state index contributed by atoms with van der Waals surface area (Å²) < 4.78 is 10.5. The van der Waals surface area contributed by atoms with Crippen LogP contribution < -0.4 is 15.3 Å². The molecule has 4 nitrogen and oxygen atoms in total. The summed E-state index contributed by atoms with van der Waals surface area (Å²) >= 11 is 0. The summed E-state index contributed by atoms with van der Waals surface area (Å²) in [6.07, 6.45) is 0. The van der Waals surface area contributed by atoms with Crippen LogP contribution in [-0.2, 0) is 0 Å². The molecule has 22 heavy (non-hydrogen) atoms. The molecule has 3 aromatic rings. The van der Waals surface area contributed by atoms with Gasteiger partial charge in [-0.05, 0) is 42.8 Å². The summed E-state index contributed by atoms with van der Waals surface area (Å²) in [6.45, 7) is 1.99. The molecule has 0 amide bonds. The molecule has 1 heterocycles. The van der Waals surface area contributed by atoms with E-state index in [4.69, 9.17) is 9.15 Å². The van der Waals surface area contributed by atoms with Crippen molar-refractivity contribution in [3.8, 4) is 5.75 Å². The van der Waals surface area contributed by atoms with E-state index in [1.54, 1.807) is 13.2 Å². The average Bonchev–Trinajstić information content (AvgIpc) is 2.53. The first-order chi connectivity index (χ1) is 10.6. The Balaban J connectivity index is 2.14. The van der Waals surface area contributed by atoms with Crippen molar-refractivity contribution in [2.75, 3.05) is 19.1 Å². The van der Waals surface area contributed by atoms with E-state index < -0.39 is 0 Å². The minimum atomic E-state index is -0.356. The van der Waals surface area contributed by atoms with Gasteiger partial charge in [-0.2, -0.15) is 0 Å². The molecule has 0 aliphatic heterocycles. The van der Waals surface area contributed by atoms with Gasteiger partial charge in [0.25, 0.3) is 0 Å². The third-order valence-corrected chi connectivity index (χ3v) is 3.76. The lowest BCUT2D eigenvalue weighted by Gasteiger charge is -2.21. The molecule has 1 aromatic heterocycles. The molecule has 0 spiro atoms. The molecule has 0 saturated carbocycles. The number of ether oxygens (including phenoxy) is 1. The molecule has 112 valence electrons. The van der Waals surface area contributed by atoms with Crippen molar-refractivity contribution in [2.24, 2.45) is 0 Å². The van der Waals surface area contributed by atoms with E-state index in [1.807, 2.05) is 55.3 Å². The maximum atomic E-state index is 11.8. The molecule has 0 aliphatic carbocycles. The molecule has 0 unspecified atom stereocenters. The Kier molecular flexibility index (Phi) is 3.59. The number of fused-ring (bicyclic) bond motifs is 1. The fraction of sp³-hybridized carbons (Fsp3) is 0.167. The summed E-state index contributed by atoms with van der Waals surface area (Å²) in [7, 11) is 3.59. The van der Waals surface area contributed by atoms with Crippen LogP contribution in [0.2, 0.25) is 0 Å². The van der Waals surface area contributed by atoms with Gasteiger partial charge in [0.1, 0.15) is 11.3 Å². The van der Waals surface area contributed by atoms with Crippen LogP contribution in [0.5, 0.6) is 5.75 Å². The minimum Gasteiger partial charge on any atom is -0.496 e. The van der Waals surface area contributed by atoms with E-state index >= 15 is 0 Å². The van der Waals surface area contributed by atoms with Gasteiger partial charge in [0.05, 0.1) is 12.8 Å². The number of methoxy groups -OCH3 is 1. The molecule has 0 N–H and O–H groups in total. The molecular weight excluding hydrogens is 278 g/mol. The van der Waals surface area contributed by atoms with E-state index in [0.29, 0.717) is 5.58 Å². The molecule has 0 fully saturated rings. The zero-order chi connectivity index (χ0) is 15.7. The lowest BCUT2D eigenvalue weighted by Crippen LogP contribution is -2.13. The summed E-state index contributed by atoms with van der Waals surface area (Å²) in [5, 5.41) is 0.901. The molecule has 4 heteroatoms. The van der Waals surface area contributed by atoms with E-state index in [1.165, 1.54) is 6.07 Å². The highest BCUT2D eigenvalue weighted by Crippen LogP contribution is 2.32. The second kappa shape index (κ2) is 5.56. The summed E-state index contributed by atoms with van der Waals surface area (Å²) in [5.41, 5.74) is 3.07. The van der Waals surface area contributed by atoms with Gasteiger partial charge >= 0.3 is 5.63 Å². The van der Waals surface area contributed by atoms with Gasteiger partial charge in [-0.1, -0.05) is 12.1 Å². The Labute approximate surface area is 128 Å². The Bertz CT molecular complexity index is 883. The zero-order valence-corrected chi connectivity index (χ0v) is 12.8. The number of benzene rings is 2. The predicted octanol–water partition coefficient (Wildman–Crippen LogP) is 3.88. The first-order valence-electron chi connectivity index (χ1n) is 7.01. The van der Waals surface area contributed by atoms with Crippen molar-refractivity contribution in [2.45, 2.75) is 6.92 Å². The van der Waals surface area contributed by atoms with Gasteiger partial charge in [0.2, 0.25) is 0 Å². The Morgan fingerprint density at radius 3 is 2.59 bits per heavy atom. The molecular formula is C18H17NO3. The highest BCUT2D eigenvalue weighted by molar-refractivity contribution is 5.92. The number of aryl methyl sites for hydroxylation is 1. The second-order valence-corrected chi connectivity index (χ2v) is 5.16. The lowest BCUT2D eigenvalue weighted by atomic mass is 10.1. The van der Waals surface area contributed by atoms with E-state index in [9.17, 15) is 4.79 Å². The number of anilines is 2. The fourth-order valence-corrected chi connectivity index (χ4v) is 2.58. The SMILES string of the molecule is COc1ccc(N(C)c2cc(=O)oc3ccccc23)cc1C. The molecule has 2 aromatic carbocycles. The topological polar surface area (TPSA) is 42.7 Å². The van der Waals surface area contributed by atoms with Crippen LogP contribution in [0.25, 0.3) is 11.0 Å². The van der Waals surface area contributed by atoms with Crippen LogP contribution in [-0.4, -0.2) is 14.2 Å². The summed E-state index contributed by atoms with van der Waals surface area (Å²) in [6, 6.07) is 15.0. The predicted molar refractivity (Wildman–Crippen MR) is 88.3 cm³/mol. The van der Waals surface area contributed by atoms with Gasteiger partial charge in [-0.15, -0.1) is 0 Å². The van der Waals surface area contributed by atoms with Gasteiger partial charge in [0.15, 0.2) is 0 Å². The van der Waals surface area contributed by atoms with Crippen LogP contribution >= 0.6 is 0 Å². The number of rotatable bonds is 3. The van der Waals surface area contributed by atoms with Crippen molar-refractivity contribution in [1.82, 2.24) is 0 Å². The monoisotopic (exact) mass is 295 g/mol. The van der Waals surface area contributed by atoms with Crippen LogP contribution in [0.1, 0.15) is 5.56 Å². The quantitative estimate of drug-likeness (QED) is 0.688. The maximum Gasteiger partial charge on any atom is 0.338 e. The standard InChI is InChI=1S/C18H17NO3/c1-12-10-13(8-9-16(12)21-3)19(2)15-11-18(20)22-17-7-5-4-6-14(15)17/h4-11H,1-3H3. The summed E-state index contributed by atoms with van der Waals surface area (Å²) in [4.78, 5) is 13.8. The van der Waals surface area contributed by atoms with Crippen molar-refractivity contribution in [1.29, 1.82) is 0 Å². The Hall–Kier alpha value is -2.75. The Morgan fingerprint density at radius 2 is 1.86 bits per heavy atom. The number of para-hydroxylation sites is 1. The number of hydrogen-bond donors (Lipinski definition) is 0. The van der Waals surface area contributed by atoms with E-state index in [0.717, 1.165) is 28.1 Å². The minimum absolute atomic E-state index is 0.356. The van der Waals surface area contributed by atoms with Crippen molar-refractivity contribution in [3.63, 3.8) is 0 Å². The number of hydrogen-bond acceptors (Lipinski definition) is 4. The van der Waals surface area contributed by atoms with Gasteiger partial charge in [0, 0.05) is 24.2 Å². The third-order valence-electron chi connectivity index (χ3n) is 3.76. The van der Waals surface area contributed by atoms with Gasteiger partial charge in [-0.3, -0.25) is 0 Å². The Morgan fingerprint density at radius 1 is 1.09 bits per heavy atom. The maximum absolute atomic E-state index is 11.8. The molecule has 0 aliphatic rings. The van der Waals surface area contributed by atoms with Crippen molar-refractivity contribution < 1.29 is 9.15 Å². The number of nitrogens with zero attached hydrogens (tertiary/aromatic N) is 1. The molecule has 0 saturated heterocycles. The largest absolute Gasteiger partial charge is 0.496 e.